The van der Waals surface area contributed by atoms with Gasteiger partial charge in [-0.1, -0.05) is 54.6 Å². The normalized spacial score (nSPS) is 11.1. The molecule has 3 rings (SSSR count). The third-order valence-electron chi connectivity index (χ3n) is 4.00. The highest BCUT2D eigenvalue weighted by molar-refractivity contribution is 6.02. The number of amides is 1. The van der Waals surface area contributed by atoms with Crippen molar-refractivity contribution < 1.29 is 9.53 Å². The molecule has 0 unspecified atom stereocenters. The van der Waals surface area contributed by atoms with Crippen molar-refractivity contribution in [3.63, 3.8) is 0 Å². The van der Waals surface area contributed by atoms with Crippen molar-refractivity contribution in [3.05, 3.63) is 95.6 Å². The van der Waals surface area contributed by atoms with Crippen LogP contribution in [0.25, 0.3) is 0 Å². The second-order valence-corrected chi connectivity index (χ2v) is 6.03. The molecule has 0 saturated carbocycles. The predicted octanol–water partition coefficient (Wildman–Crippen LogP) is 4.00. The van der Waals surface area contributed by atoms with E-state index in [4.69, 9.17) is 10.5 Å². The average Bonchev–Trinajstić information content (AvgIpc) is 2.71. The molecule has 3 aromatic rings. The van der Waals surface area contributed by atoms with Crippen molar-refractivity contribution in [2.24, 2.45) is 5.10 Å². The molecule has 0 aliphatic heterocycles. The lowest BCUT2D eigenvalue weighted by molar-refractivity contribution is 0.0950. The summed E-state index contributed by atoms with van der Waals surface area (Å²) >= 11 is 0. The van der Waals surface area contributed by atoms with E-state index in [9.17, 15) is 4.79 Å². The van der Waals surface area contributed by atoms with Gasteiger partial charge < -0.3 is 10.5 Å². The molecule has 3 N–H and O–H groups in total. The first-order valence-corrected chi connectivity index (χ1v) is 8.60. The molecule has 136 valence electrons. The molecule has 0 bridgehead atoms. The molecule has 0 saturated heterocycles. The number of nitrogens with two attached hydrogens (primary N) is 1. The fourth-order valence-electron chi connectivity index (χ4n) is 2.54. The first-order valence-electron chi connectivity index (χ1n) is 8.60. The summed E-state index contributed by atoms with van der Waals surface area (Å²) in [6.07, 6.45) is 0. The van der Waals surface area contributed by atoms with Crippen molar-refractivity contribution in [2.45, 2.75) is 13.5 Å². The minimum absolute atomic E-state index is 0.332. The van der Waals surface area contributed by atoms with Gasteiger partial charge in [0.25, 0.3) is 5.91 Å². The molecule has 0 aromatic heterocycles. The zero-order valence-electron chi connectivity index (χ0n) is 15.1. The number of para-hydroxylation sites is 1. The van der Waals surface area contributed by atoms with Gasteiger partial charge in [0.15, 0.2) is 0 Å². The van der Waals surface area contributed by atoms with E-state index in [0.29, 0.717) is 29.3 Å². The van der Waals surface area contributed by atoms with E-state index in [1.807, 2.05) is 61.5 Å². The van der Waals surface area contributed by atoms with Crippen LogP contribution >= 0.6 is 0 Å². The van der Waals surface area contributed by atoms with E-state index in [-0.39, 0.29) is 5.91 Å². The molecule has 3 aromatic carbocycles. The van der Waals surface area contributed by atoms with E-state index in [1.165, 1.54) is 0 Å². The fourth-order valence-corrected chi connectivity index (χ4v) is 2.54. The standard InChI is InChI=1S/C22H21N3O2/c1-16(18-10-7-11-19(23)14-18)24-25-22(26)20-12-5-6-13-21(20)27-15-17-8-3-2-4-9-17/h2-14H,15,23H2,1H3,(H,25,26)/b24-16+. The van der Waals surface area contributed by atoms with Crippen LogP contribution in [0.4, 0.5) is 5.69 Å². The van der Waals surface area contributed by atoms with E-state index in [2.05, 4.69) is 10.5 Å². The summed E-state index contributed by atoms with van der Waals surface area (Å²) in [6.45, 7) is 2.20. The number of hydrazone groups is 1. The molecule has 0 fully saturated rings. The highest BCUT2D eigenvalue weighted by Gasteiger charge is 2.12. The maximum atomic E-state index is 12.6. The molecule has 0 spiro atoms. The van der Waals surface area contributed by atoms with E-state index in [0.717, 1.165) is 11.1 Å². The summed E-state index contributed by atoms with van der Waals surface area (Å²) in [6, 6.07) is 24.2. The van der Waals surface area contributed by atoms with Crippen LogP contribution in [-0.4, -0.2) is 11.6 Å². The van der Waals surface area contributed by atoms with Crippen LogP contribution in [0.2, 0.25) is 0 Å². The Kier molecular flexibility index (Phi) is 5.84. The van der Waals surface area contributed by atoms with Gasteiger partial charge in [0, 0.05) is 5.69 Å². The lowest BCUT2D eigenvalue weighted by atomic mass is 10.1. The molecule has 1 amide bonds. The summed E-state index contributed by atoms with van der Waals surface area (Å²) in [7, 11) is 0. The van der Waals surface area contributed by atoms with Crippen molar-refractivity contribution in [3.8, 4) is 5.75 Å². The third-order valence-corrected chi connectivity index (χ3v) is 4.00. The molecular weight excluding hydrogens is 338 g/mol. The van der Waals surface area contributed by atoms with Gasteiger partial charge >= 0.3 is 0 Å². The highest BCUT2D eigenvalue weighted by Crippen LogP contribution is 2.19. The molecule has 5 nitrogen and oxygen atoms in total. The Morgan fingerprint density at radius 2 is 1.74 bits per heavy atom. The average molecular weight is 359 g/mol. The SMILES string of the molecule is C/C(=N\NC(=O)c1ccccc1OCc1ccccc1)c1cccc(N)c1. The number of hydrogen-bond donors (Lipinski definition) is 2. The molecule has 0 heterocycles. The van der Waals surface area contributed by atoms with E-state index >= 15 is 0 Å². The Labute approximate surface area is 158 Å². The zero-order chi connectivity index (χ0) is 19.1. The molecule has 0 atom stereocenters. The number of ether oxygens (including phenoxy) is 1. The van der Waals surface area contributed by atoms with Crippen LogP contribution in [-0.2, 0) is 6.61 Å². The molecule has 0 radical (unpaired) electrons. The number of carbonyl (C=O) groups excluding carboxylic acids is 1. The number of carbonyl (C=O) groups is 1. The molecule has 5 heteroatoms. The van der Waals surface area contributed by atoms with Crippen LogP contribution in [0, 0.1) is 0 Å². The second kappa shape index (κ2) is 8.67. The van der Waals surface area contributed by atoms with Gasteiger partial charge in [0.05, 0.1) is 11.3 Å². The third kappa shape index (κ3) is 4.95. The smallest absolute Gasteiger partial charge is 0.275 e. The van der Waals surface area contributed by atoms with Gasteiger partial charge in [0.2, 0.25) is 0 Å². The first-order chi connectivity index (χ1) is 13.1. The number of rotatable bonds is 6. The van der Waals surface area contributed by atoms with Crippen molar-refractivity contribution >= 4 is 17.3 Å². The topological polar surface area (TPSA) is 76.7 Å². The zero-order valence-corrected chi connectivity index (χ0v) is 15.1. The van der Waals surface area contributed by atoms with Gasteiger partial charge in [-0.25, -0.2) is 5.43 Å². The van der Waals surface area contributed by atoms with Gasteiger partial charge in [-0.3, -0.25) is 4.79 Å². The lowest BCUT2D eigenvalue weighted by Gasteiger charge is -2.11. The number of nitrogen functional groups attached to an aromatic ring is 1. The van der Waals surface area contributed by atoms with Crippen molar-refractivity contribution in [1.29, 1.82) is 0 Å². The molecule has 27 heavy (non-hydrogen) atoms. The number of nitrogens with one attached hydrogen (secondary N) is 1. The predicted molar refractivity (Wildman–Crippen MR) is 108 cm³/mol. The largest absolute Gasteiger partial charge is 0.488 e. The molecule has 0 aliphatic rings. The molecule has 0 aliphatic carbocycles. The summed E-state index contributed by atoms with van der Waals surface area (Å²) in [5.74, 6) is 0.178. The van der Waals surface area contributed by atoms with Crippen LogP contribution in [0.1, 0.15) is 28.4 Å². The summed E-state index contributed by atoms with van der Waals surface area (Å²) in [5, 5.41) is 4.18. The second-order valence-electron chi connectivity index (χ2n) is 6.03. The van der Waals surface area contributed by atoms with Crippen LogP contribution in [0.15, 0.2) is 84.0 Å². The van der Waals surface area contributed by atoms with Crippen LogP contribution in [0.3, 0.4) is 0 Å². The maximum Gasteiger partial charge on any atom is 0.275 e. The Hall–Kier alpha value is -3.60. The minimum atomic E-state index is -0.332. The van der Waals surface area contributed by atoms with Gasteiger partial charge in [-0.15, -0.1) is 0 Å². The monoisotopic (exact) mass is 359 g/mol. The quantitative estimate of drug-likeness (QED) is 0.397. The Balaban J connectivity index is 1.70. The van der Waals surface area contributed by atoms with E-state index < -0.39 is 0 Å². The lowest BCUT2D eigenvalue weighted by Crippen LogP contribution is -2.20. The van der Waals surface area contributed by atoms with Crippen molar-refractivity contribution in [1.82, 2.24) is 5.43 Å². The van der Waals surface area contributed by atoms with Gasteiger partial charge in [0.1, 0.15) is 12.4 Å². The van der Waals surface area contributed by atoms with Gasteiger partial charge in [-0.2, -0.15) is 5.10 Å². The Morgan fingerprint density at radius 1 is 1.00 bits per heavy atom. The number of nitrogens with zero attached hydrogens (tertiary/aromatic N) is 1. The summed E-state index contributed by atoms with van der Waals surface area (Å²) in [4.78, 5) is 12.6. The fraction of sp³-hybridized carbons (Fsp3) is 0.0909. The Bertz CT molecular complexity index is 953. The summed E-state index contributed by atoms with van der Waals surface area (Å²) in [5.41, 5.74) is 12.0. The summed E-state index contributed by atoms with van der Waals surface area (Å²) < 4.78 is 5.83. The Morgan fingerprint density at radius 3 is 2.52 bits per heavy atom. The van der Waals surface area contributed by atoms with Crippen molar-refractivity contribution in [2.75, 3.05) is 5.73 Å². The van der Waals surface area contributed by atoms with Crippen LogP contribution in [0.5, 0.6) is 5.75 Å². The van der Waals surface area contributed by atoms with E-state index in [1.54, 1.807) is 24.3 Å². The van der Waals surface area contributed by atoms with Gasteiger partial charge in [-0.05, 0) is 42.3 Å². The molecular formula is C22H21N3O2. The first kappa shape index (κ1) is 18.2. The highest BCUT2D eigenvalue weighted by atomic mass is 16.5. The number of benzene rings is 3. The van der Waals surface area contributed by atoms with Crippen LogP contribution < -0.4 is 15.9 Å². The minimum Gasteiger partial charge on any atom is -0.488 e. The number of hydrogen-bond acceptors (Lipinski definition) is 4. The number of anilines is 1. The maximum absolute atomic E-state index is 12.6.